The van der Waals surface area contributed by atoms with E-state index in [0.29, 0.717) is 19.6 Å². The molecule has 1 aliphatic heterocycles. The first kappa shape index (κ1) is 13.4. The van der Waals surface area contributed by atoms with Gasteiger partial charge < -0.3 is 13.9 Å². The summed E-state index contributed by atoms with van der Waals surface area (Å²) in [7, 11) is 1.26. The maximum absolute atomic E-state index is 11.7. The second kappa shape index (κ2) is 4.91. The highest BCUT2D eigenvalue weighted by atomic mass is 35.7. The molecular weight excluding hydrogens is 284 g/mol. The first-order valence-electron chi connectivity index (χ1n) is 5.22. The Morgan fingerprint density at radius 2 is 2.28 bits per heavy atom. The Hall–Kier alpha value is -1.05. The maximum Gasteiger partial charge on any atom is 0.374 e. The lowest BCUT2D eigenvalue weighted by Crippen LogP contribution is -2.17. The highest BCUT2D eigenvalue weighted by Crippen LogP contribution is 2.24. The third kappa shape index (κ3) is 2.85. The number of rotatable bonds is 3. The van der Waals surface area contributed by atoms with Crippen molar-refractivity contribution in [2.24, 2.45) is 0 Å². The largest absolute Gasteiger partial charge is 0.454 e. The summed E-state index contributed by atoms with van der Waals surface area (Å²) in [5.41, 5.74) is 0. The monoisotopic (exact) mass is 294 g/mol. The Morgan fingerprint density at radius 1 is 1.56 bits per heavy atom. The van der Waals surface area contributed by atoms with Crippen molar-refractivity contribution in [1.29, 1.82) is 0 Å². The summed E-state index contributed by atoms with van der Waals surface area (Å²) in [4.78, 5) is 11.5. The van der Waals surface area contributed by atoms with E-state index in [-0.39, 0.29) is 22.5 Å². The summed E-state index contributed by atoms with van der Waals surface area (Å²) in [6, 6.07) is 1.07. The van der Waals surface area contributed by atoms with Crippen molar-refractivity contribution in [2.45, 2.75) is 24.3 Å². The molecule has 1 aromatic rings. The van der Waals surface area contributed by atoms with Gasteiger partial charge >= 0.3 is 5.97 Å². The predicted molar refractivity (Wildman–Crippen MR) is 61.1 cm³/mol. The summed E-state index contributed by atoms with van der Waals surface area (Å²) in [6.45, 7) is 2.28. The van der Waals surface area contributed by atoms with E-state index in [9.17, 15) is 13.2 Å². The van der Waals surface area contributed by atoms with Crippen LogP contribution in [0.15, 0.2) is 15.4 Å². The van der Waals surface area contributed by atoms with Crippen LogP contribution in [0.1, 0.15) is 22.7 Å². The van der Waals surface area contributed by atoms with Crippen LogP contribution in [0.25, 0.3) is 0 Å². The van der Waals surface area contributed by atoms with Crippen molar-refractivity contribution in [2.75, 3.05) is 13.2 Å². The van der Waals surface area contributed by atoms with Gasteiger partial charge in [-0.1, -0.05) is 0 Å². The Bertz CT molecular complexity index is 555. The van der Waals surface area contributed by atoms with Crippen molar-refractivity contribution in [3.63, 3.8) is 0 Å². The molecule has 2 rings (SSSR count). The van der Waals surface area contributed by atoms with Gasteiger partial charge in [0.15, 0.2) is 0 Å². The quantitative estimate of drug-likeness (QED) is 0.620. The second-order valence-corrected chi connectivity index (χ2v) is 6.39. The average molecular weight is 295 g/mol. The number of hydrogen-bond donors (Lipinski definition) is 0. The number of halogens is 1. The van der Waals surface area contributed by atoms with Crippen molar-refractivity contribution < 1.29 is 27.1 Å². The zero-order chi connectivity index (χ0) is 13.3. The van der Waals surface area contributed by atoms with Gasteiger partial charge in [0.25, 0.3) is 9.05 Å². The minimum absolute atomic E-state index is 0.0552. The average Bonchev–Trinajstić information content (AvgIpc) is 2.85. The fourth-order valence-electron chi connectivity index (χ4n) is 1.62. The van der Waals surface area contributed by atoms with Crippen LogP contribution in [-0.2, 0) is 18.5 Å². The first-order chi connectivity index (χ1) is 8.38. The standard InChI is InChI=1S/C10H11ClO6S/c1-6-9(18(11,13)14)4-8(16-6)10(12)17-7-2-3-15-5-7/h4,7H,2-3,5H2,1H3. The van der Waals surface area contributed by atoms with Crippen LogP contribution in [0.3, 0.4) is 0 Å². The van der Waals surface area contributed by atoms with Crippen LogP contribution in [0.5, 0.6) is 0 Å². The molecule has 0 bridgehead atoms. The van der Waals surface area contributed by atoms with Crippen LogP contribution < -0.4 is 0 Å². The summed E-state index contributed by atoms with van der Waals surface area (Å²) in [5, 5.41) is 0. The Kier molecular flexibility index (Phi) is 3.65. The number of hydrogen-bond acceptors (Lipinski definition) is 6. The minimum Gasteiger partial charge on any atom is -0.454 e. The SMILES string of the molecule is Cc1oc(C(=O)OC2CCOC2)cc1S(=O)(=O)Cl. The molecule has 1 atom stereocenters. The second-order valence-electron chi connectivity index (χ2n) is 3.86. The smallest absolute Gasteiger partial charge is 0.374 e. The molecular formula is C10H11ClO6S. The van der Waals surface area contributed by atoms with Crippen LogP contribution in [0, 0.1) is 6.92 Å². The van der Waals surface area contributed by atoms with E-state index in [1.54, 1.807) is 0 Å². The number of furan rings is 1. The highest BCUT2D eigenvalue weighted by Gasteiger charge is 2.26. The molecule has 0 aliphatic carbocycles. The van der Waals surface area contributed by atoms with E-state index in [4.69, 9.17) is 24.6 Å². The van der Waals surface area contributed by atoms with Gasteiger partial charge in [0, 0.05) is 23.2 Å². The molecule has 1 aromatic heterocycles. The molecule has 2 heterocycles. The molecule has 100 valence electrons. The number of carbonyl (C=O) groups excluding carboxylic acids is 1. The molecule has 0 aromatic carbocycles. The van der Waals surface area contributed by atoms with Gasteiger partial charge in [0.05, 0.1) is 13.2 Å². The summed E-state index contributed by atoms with van der Waals surface area (Å²) >= 11 is 0. The van der Waals surface area contributed by atoms with E-state index in [1.807, 2.05) is 0 Å². The third-order valence-electron chi connectivity index (χ3n) is 2.50. The number of esters is 1. The molecule has 0 amide bonds. The van der Waals surface area contributed by atoms with E-state index < -0.39 is 15.0 Å². The van der Waals surface area contributed by atoms with Gasteiger partial charge in [-0.15, -0.1) is 0 Å². The molecule has 8 heteroatoms. The van der Waals surface area contributed by atoms with Gasteiger partial charge in [0.1, 0.15) is 16.8 Å². The van der Waals surface area contributed by atoms with Crippen LogP contribution in [-0.4, -0.2) is 33.7 Å². The van der Waals surface area contributed by atoms with E-state index >= 15 is 0 Å². The number of ether oxygens (including phenoxy) is 2. The summed E-state index contributed by atoms with van der Waals surface area (Å²) in [5.74, 6) is -0.849. The predicted octanol–water partition coefficient (Wildman–Crippen LogP) is 1.46. The van der Waals surface area contributed by atoms with E-state index in [2.05, 4.69) is 0 Å². The van der Waals surface area contributed by atoms with E-state index in [0.717, 1.165) is 6.07 Å². The molecule has 0 N–H and O–H groups in total. The van der Waals surface area contributed by atoms with Crippen molar-refractivity contribution in [1.82, 2.24) is 0 Å². The zero-order valence-corrected chi connectivity index (χ0v) is 11.1. The fourth-order valence-corrected chi connectivity index (χ4v) is 2.72. The zero-order valence-electron chi connectivity index (χ0n) is 9.51. The van der Waals surface area contributed by atoms with E-state index in [1.165, 1.54) is 6.92 Å². The molecule has 18 heavy (non-hydrogen) atoms. The maximum atomic E-state index is 11.7. The van der Waals surface area contributed by atoms with Crippen LogP contribution in [0.2, 0.25) is 0 Å². The molecule has 6 nitrogen and oxygen atoms in total. The minimum atomic E-state index is -3.93. The third-order valence-corrected chi connectivity index (χ3v) is 3.93. The van der Waals surface area contributed by atoms with Gasteiger partial charge in [-0.25, -0.2) is 13.2 Å². The van der Waals surface area contributed by atoms with Crippen LogP contribution in [0.4, 0.5) is 0 Å². The summed E-state index contributed by atoms with van der Waals surface area (Å²) < 4.78 is 37.5. The molecule has 1 unspecified atom stereocenters. The molecule has 1 fully saturated rings. The molecule has 0 radical (unpaired) electrons. The lowest BCUT2D eigenvalue weighted by Gasteiger charge is -2.07. The normalized spacial score (nSPS) is 20.0. The Labute approximate surface area is 108 Å². The van der Waals surface area contributed by atoms with Gasteiger partial charge in [-0.05, 0) is 6.92 Å². The van der Waals surface area contributed by atoms with Gasteiger partial charge in [0.2, 0.25) is 5.76 Å². The summed E-state index contributed by atoms with van der Waals surface area (Å²) in [6.07, 6.45) is 0.297. The molecule has 1 saturated heterocycles. The Balaban J connectivity index is 2.16. The highest BCUT2D eigenvalue weighted by molar-refractivity contribution is 8.13. The lowest BCUT2D eigenvalue weighted by molar-refractivity contribution is 0.0235. The first-order valence-corrected chi connectivity index (χ1v) is 7.52. The molecule has 1 aliphatic rings. The fraction of sp³-hybridized carbons (Fsp3) is 0.500. The van der Waals surface area contributed by atoms with Crippen molar-refractivity contribution >= 4 is 25.7 Å². The van der Waals surface area contributed by atoms with Gasteiger partial charge in [-0.3, -0.25) is 0 Å². The molecule has 0 saturated carbocycles. The topological polar surface area (TPSA) is 82.8 Å². The molecule has 0 spiro atoms. The lowest BCUT2D eigenvalue weighted by atomic mass is 10.3. The van der Waals surface area contributed by atoms with Gasteiger partial charge in [-0.2, -0.15) is 0 Å². The van der Waals surface area contributed by atoms with Crippen molar-refractivity contribution in [3.05, 3.63) is 17.6 Å². The number of aryl methyl sites for hydroxylation is 1. The van der Waals surface area contributed by atoms with Crippen LogP contribution >= 0.6 is 10.7 Å². The Morgan fingerprint density at radius 3 is 2.78 bits per heavy atom. The van der Waals surface area contributed by atoms with Crippen molar-refractivity contribution in [3.8, 4) is 0 Å². The number of carbonyl (C=O) groups is 1.